The van der Waals surface area contributed by atoms with Crippen LogP contribution in [0.1, 0.15) is 49.2 Å². The van der Waals surface area contributed by atoms with Crippen LogP contribution in [0.5, 0.6) is 0 Å². The zero-order chi connectivity index (χ0) is 21.1. The number of H-pyrrole nitrogens is 1. The number of benzene rings is 1. The number of carboxylic acid groups (broad SMARTS) is 1. The minimum atomic E-state index is -1.33. The number of aliphatic hydroxyl groups is 2. The molecule has 0 aliphatic carbocycles. The van der Waals surface area contributed by atoms with Crippen molar-refractivity contribution in [2.75, 3.05) is 6.54 Å². The summed E-state index contributed by atoms with van der Waals surface area (Å²) in [4.78, 5) is 37.4. The van der Waals surface area contributed by atoms with Crippen molar-refractivity contribution in [2.45, 2.75) is 45.0 Å². The number of hydrogen-bond acceptors (Lipinski definition) is 6. The molecule has 152 valence electrons. The fourth-order valence-electron chi connectivity index (χ4n) is 2.60. The van der Waals surface area contributed by atoms with E-state index in [2.05, 4.69) is 10.3 Å². The highest BCUT2D eigenvalue weighted by atomic mass is 16.6. The quantitative estimate of drug-likeness (QED) is 0.500. The van der Waals surface area contributed by atoms with Crippen molar-refractivity contribution in [3.8, 4) is 0 Å². The molecule has 1 aromatic carbocycles. The van der Waals surface area contributed by atoms with E-state index in [1.54, 1.807) is 20.8 Å². The monoisotopic (exact) mass is 392 g/mol. The molecule has 1 aromatic heterocycles. The zero-order valence-electron chi connectivity index (χ0n) is 15.9. The minimum absolute atomic E-state index is 0.0763. The van der Waals surface area contributed by atoms with E-state index >= 15 is 0 Å². The third-order valence-corrected chi connectivity index (χ3v) is 3.95. The second-order valence-electron chi connectivity index (χ2n) is 7.37. The highest BCUT2D eigenvalue weighted by molar-refractivity contribution is 5.92. The molecule has 1 heterocycles. The third-order valence-electron chi connectivity index (χ3n) is 3.95. The summed E-state index contributed by atoms with van der Waals surface area (Å²) in [6.07, 6.45) is -1.88. The number of aliphatic hydroxyl groups excluding tert-OH is 2. The van der Waals surface area contributed by atoms with Crippen molar-refractivity contribution in [1.82, 2.24) is 10.3 Å². The van der Waals surface area contributed by atoms with Gasteiger partial charge in [0.1, 0.15) is 17.3 Å². The van der Waals surface area contributed by atoms with Gasteiger partial charge in [0.15, 0.2) is 0 Å². The van der Waals surface area contributed by atoms with E-state index in [0.29, 0.717) is 11.1 Å². The standard InChI is InChI=1S/C19H24N2O7/c1-19(2,3)28-18(27)20-7-6-14(22)15(23)10-4-5-11-13(8-10)21-9-12(16(11)24)17(25)26/h4-5,8-9,14-15,22-23H,6-7H2,1-3H3,(H,20,27)(H,21,24)(H,25,26). The van der Waals surface area contributed by atoms with E-state index in [0.717, 1.165) is 6.20 Å². The van der Waals surface area contributed by atoms with Crippen molar-refractivity contribution in [2.24, 2.45) is 0 Å². The Morgan fingerprint density at radius 2 is 1.93 bits per heavy atom. The fraction of sp³-hybridized carbons (Fsp3) is 0.421. The van der Waals surface area contributed by atoms with Crippen molar-refractivity contribution in [3.63, 3.8) is 0 Å². The zero-order valence-corrected chi connectivity index (χ0v) is 15.9. The first kappa shape index (κ1) is 21.4. The highest BCUT2D eigenvalue weighted by Crippen LogP contribution is 2.22. The summed E-state index contributed by atoms with van der Waals surface area (Å²) in [5, 5.41) is 32.2. The SMILES string of the molecule is CC(C)(C)OC(=O)NCCC(O)C(O)c1ccc2c(=O)c(C(=O)O)c[nH]c2c1. The molecule has 2 aromatic rings. The first-order valence-electron chi connectivity index (χ1n) is 8.71. The lowest BCUT2D eigenvalue weighted by Crippen LogP contribution is -2.34. The Morgan fingerprint density at radius 3 is 2.54 bits per heavy atom. The van der Waals surface area contributed by atoms with Crippen LogP contribution >= 0.6 is 0 Å². The fourth-order valence-corrected chi connectivity index (χ4v) is 2.60. The van der Waals surface area contributed by atoms with Crippen molar-refractivity contribution < 1.29 is 29.6 Å². The number of nitrogens with one attached hydrogen (secondary N) is 2. The number of pyridine rings is 1. The van der Waals surface area contributed by atoms with E-state index in [1.807, 2.05) is 0 Å². The first-order valence-corrected chi connectivity index (χ1v) is 8.71. The average molecular weight is 392 g/mol. The molecule has 2 atom stereocenters. The largest absolute Gasteiger partial charge is 0.477 e. The maximum atomic E-state index is 12.1. The average Bonchev–Trinajstić information content (AvgIpc) is 2.59. The van der Waals surface area contributed by atoms with Gasteiger partial charge in [-0.05, 0) is 44.9 Å². The van der Waals surface area contributed by atoms with Crippen LogP contribution in [-0.4, -0.2) is 50.6 Å². The predicted octanol–water partition coefficient (Wildman–Crippen LogP) is 1.54. The number of aromatic nitrogens is 1. The summed E-state index contributed by atoms with van der Waals surface area (Å²) in [5.74, 6) is -1.33. The number of alkyl carbamates (subject to hydrolysis) is 1. The van der Waals surface area contributed by atoms with Crippen molar-refractivity contribution in [3.05, 3.63) is 45.7 Å². The minimum Gasteiger partial charge on any atom is -0.477 e. The van der Waals surface area contributed by atoms with E-state index in [-0.39, 0.29) is 23.9 Å². The molecule has 0 bridgehead atoms. The van der Waals surface area contributed by atoms with Gasteiger partial charge in [0, 0.05) is 23.6 Å². The molecular formula is C19H24N2O7. The molecule has 0 aliphatic rings. The van der Waals surface area contributed by atoms with Gasteiger partial charge in [-0.2, -0.15) is 0 Å². The molecule has 9 nitrogen and oxygen atoms in total. The third kappa shape index (κ3) is 5.30. The Hall–Kier alpha value is -2.91. The molecule has 2 rings (SSSR count). The molecule has 2 unspecified atom stereocenters. The molecule has 0 aliphatic heterocycles. The Balaban J connectivity index is 2.05. The van der Waals surface area contributed by atoms with E-state index < -0.39 is 35.3 Å². The maximum absolute atomic E-state index is 12.1. The Kier molecular flexibility index (Phi) is 6.42. The van der Waals surface area contributed by atoms with Gasteiger partial charge in [-0.3, -0.25) is 4.79 Å². The number of amides is 1. The van der Waals surface area contributed by atoms with Crippen molar-refractivity contribution in [1.29, 1.82) is 0 Å². The number of carboxylic acids is 1. The molecule has 0 saturated carbocycles. The lowest BCUT2D eigenvalue weighted by atomic mass is 10.00. The van der Waals surface area contributed by atoms with Crippen LogP contribution in [0.4, 0.5) is 4.79 Å². The molecule has 0 spiro atoms. The first-order chi connectivity index (χ1) is 13.0. The summed E-state index contributed by atoms with van der Waals surface area (Å²) in [6, 6.07) is 4.31. The topological polar surface area (TPSA) is 149 Å². The number of carbonyl (C=O) groups is 2. The Bertz CT molecular complexity index is 930. The van der Waals surface area contributed by atoms with Crippen LogP contribution < -0.4 is 10.7 Å². The second-order valence-corrected chi connectivity index (χ2v) is 7.37. The number of aromatic carboxylic acids is 1. The number of ether oxygens (including phenoxy) is 1. The van der Waals surface area contributed by atoms with E-state index in [4.69, 9.17) is 9.84 Å². The summed E-state index contributed by atoms with van der Waals surface area (Å²) >= 11 is 0. The van der Waals surface area contributed by atoms with Crippen LogP contribution in [0.25, 0.3) is 10.9 Å². The van der Waals surface area contributed by atoms with Crippen LogP contribution in [0.3, 0.4) is 0 Å². The summed E-state index contributed by atoms with van der Waals surface area (Å²) in [7, 11) is 0. The number of rotatable bonds is 6. The van der Waals surface area contributed by atoms with Gasteiger partial charge >= 0.3 is 12.1 Å². The van der Waals surface area contributed by atoms with Gasteiger partial charge in [0.2, 0.25) is 5.43 Å². The predicted molar refractivity (Wildman–Crippen MR) is 101 cm³/mol. The van der Waals surface area contributed by atoms with Gasteiger partial charge < -0.3 is 30.4 Å². The molecule has 5 N–H and O–H groups in total. The van der Waals surface area contributed by atoms with Gasteiger partial charge in [-0.1, -0.05) is 6.07 Å². The number of aromatic amines is 1. The molecule has 0 radical (unpaired) electrons. The Labute approximate surface area is 161 Å². The van der Waals surface area contributed by atoms with Gasteiger partial charge in [-0.25, -0.2) is 9.59 Å². The number of fused-ring (bicyclic) bond motifs is 1. The van der Waals surface area contributed by atoms with Gasteiger partial charge in [0.05, 0.1) is 6.10 Å². The normalized spacial score (nSPS) is 13.8. The van der Waals surface area contributed by atoms with Crippen LogP contribution in [0.2, 0.25) is 0 Å². The number of carbonyl (C=O) groups excluding carboxylic acids is 1. The summed E-state index contributed by atoms with van der Waals surface area (Å²) < 4.78 is 5.08. The van der Waals surface area contributed by atoms with Gasteiger partial charge in [-0.15, -0.1) is 0 Å². The molecule has 0 fully saturated rings. The van der Waals surface area contributed by atoms with Crippen molar-refractivity contribution >= 4 is 23.0 Å². The lowest BCUT2D eigenvalue weighted by Gasteiger charge is -2.21. The van der Waals surface area contributed by atoms with Crippen LogP contribution in [0.15, 0.2) is 29.2 Å². The molecule has 9 heteroatoms. The lowest BCUT2D eigenvalue weighted by molar-refractivity contribution is 0.0124. The summed E-state index contributed by atoms with van der Waals surface area (Å²) in [6.45, 7) is 5.29. The Morgan fingerprint density at radius 1 is 1.25 bits per heavy atom. The molecule has 0 saturated heterocycles. The van der Waals surface area contributed by atoms with Crippen LogP contribution in [-0.2, 0) is 4.74 Å². The second kappa shape index (κ2) is 8.41. The maximum Gasteiger partial charge on any atom is 0.407 e. The summed E-state index contributed by atoms with van der Waals surface area (Å²) in [5.41, 5.74) is -0.967. The number of hydrogen-bond donors (Lipinski definition) is 5. The molecular weight excluding hydrogens is 368 g/mol. The molecule has 28 heavy (non-hydrogen) atoms. The van der Waals surface area contributed by atoms with E-state index in [9.17, 15) is 24.6 Å². The molecule has 1 amide bonds. The van der Waals surface area contributed by atoms with E-state index in [1.165, 1.54) is 18.2 Å². The van der Waals surface area contributed by atoms with Crippen LogP contribution in [0, 0.1) is 0 Å². The highest BCUT2D eigenvalue weighted by Gasteiger charge is 2.21. The van der Waals surface area contributed by atoms with Gasteiger partial charge in [0.25, 0.3) is 0 Å². The smallest absolute Gasteiger partial charge is 0.407 e.